The molecule has 0 aromatic heterocycles. The summed E-state index contributed by atoms with van der Waals surface area (Å²) >= 11 is 0. The first-order valence-corrected chi connectivity index (χ1v) is 7.66. The van der Waals surface area contributed by atoms with Gasteiger partial charge in [-0.05, 0) is 38.8 Å². The highest BCUT2D eigenvalue weighted by Gasteiger charge is 2.16. The molecule has 0 saturated carbocycles. The van der Waals surface area contributed by atoms with Gasteiger partial charge in [0.05, 0.1) is 11.0 Å². The molecule has 0 bridgehead atoms. The van der Waals surface area contributed by atoms with Crippen molar-refractivity contribution in [2.45, 2.75) is 32.9 Å². The van der Waals surface area contributed by atoms with Crippen LogP contribution in [0.2, 0.25) is 0 Å². The van der Waals surface area contributed by atoms with Gasteiger partial charge in [-0.15, -0.1) is 0 Å². The van der Waals surface area contributed by atoms with Gasteiger partial charge in [0.15, 0.2) is 9.84 Å². The Bertz CT molecular complexity index is 521. The van der Waals surface area contributed by atoms with Crippen LogP contribution in [0, 0.1) is 13.8 Å². The molecule has 5 heteroatoms. The Labute approximate surface area is 109 Å². The first-order chi connectivity index (χ1) is 8.24. The summed E-state index contributed by atoms with van der Waals surface area (Å²) < 4.78 is 28.7. The van der Waals surface area contributed by atoms with E-state index in [9.17, 15) is 8.42 Å². The molecule has 0 unspecified atom stereocenters. The number of rotatable bonds is 5. The topological polar surface area (TPSA) is 69.4 Å². The summed E-state index contributed by atoms with van der Waals surface area (Å²) in [6.07, 6.45) is 0. The molecule has 18 heavy (non-hydrogen) atoms. The SMILES string of the molecule is Cc1cc(C)c(OCCS(=O)(=O)C(C)C)cc1N. The van der Waals surface area contributed by atoms with E-state index < -0.39 is 9.84 Å². The molecule has 1 rings (SSSR count). The first-order valence-electron chi connectivity index (χ1n) is 5.95. The molecular weight excluding hydrogens is 250 g/mol. The van der Waals surface area contributed by atoms with E-state index in [0.717, 1.165) is 11.1 Å². The molecule has 4 nitrogen and oxygen atoms in total. The van der Waals surface area contributed by atoms with Crippen LogP contribution in [0.4, 0.5) is 5.69 Å². The molecule has 0 spiro atoms. The van der Waals surface area contributed by atoms with E-state index in [2.05, 4.69) is 0 Å². The van der Waals surface area contributed by atoms with Gasteiger partial charge >= 0.3 is 0 Å². The third-order valence-corrected chi connectivity index (χ3v) is 5.08. The number of ether oxygens (including phenoxy) is 1. The van der Waals surface area contributed by atoms with Crippen molar-refractivity contribution in [3.05, 3.63) is 23.3 Å². The van der Waals surface area contributed by atoms with Crippen molar-refractivity contribution < 1.29 is 13.2 Å². The molecule has 1 aromatic rings. The largest absolute Gasteiger partial charge is 0.492 e. The van der Waals surface area contributed by atoms with Crippen molar-refractivity contribution in [3.8, 4) is 5.75 Å². The van der Waals surface area contributed by atoms with E-state index >= 15 is 0 Å². The summed E-state index contributed by atoms with van der Waals surface area (Å²) in [5, 5.41) is -0.370. The fraction of sp³-hybridized carbons (Fsp3) is 0.538. The lowest BCUT2D eigenvalue weighted by atomic mass is 10.1. The fourth-order valence-corrected chi connectivity index (χ4v) is 2.29. The number of aryl methyl sites for hydroxylation is 2. The van der Waals surface area contributed by atoms with Crippen molar-refractivity contribution in [1.29, 1.82) is 0 Å². The van der Waals surface area contributed by atoms with E-state index in [1.165, 1.54) is 0 Å². The van der Waals surface area contributed by atoms with Crippen LogP contribution < -0.4 is 10.5 Å². The minimum atomic E-state index is -3.06. The summed E-state index contributed by atoms with van der Waals surface area (Å²) in [5.41, 5.74) is 8.41. The Kier molecular flexibility index (Phi) is 4.62. The third kappa shape index (κ3) is 3.63. The van der Waals surface area contributed by atoms with Crippen LogP contribution in [0.25, 0.3) is 0 Å². The zero-order chi connectivity index (χ0) is 13.9. The van der Waals surface area contributed by atoms with Crippen molar-refractivity contribution in [2.24, 2.45) is 0 Å². The monoisotopic (exact) mass is 271 g/mol. The molecule has 0 fully saturated rings. The summed E-state index contributed by atoms with van der Waals surface area (Å²) in [6.45, 7) is 7.34. The highest BCUT2D eigenvalue weighted by atomic mass is 32.2. The molecule has 102 valence electrons. The van der Waals surface area contributed by atoms with Gasteiger partial charge in [-0.2, -0.15) is 0 Å². The second-order valence-corrected chi connectivity index (χ2v) is 7.42. The summed E-state index contributed by atoms with van der Waals surface area (Å²) in [7, 11) is -3.06. The smallest absolute Gasteiger partial charge is 0.155 e. The standard InChI is InChI=1S/C13H21NO3S/c1-9(2)18(15,16)6-5-17-13-8-12(14)10(3)7-11(13)4/h7-9H,5-6,14H2,1-4H3. The van der Waals surface area contributed by atoms with Gasteiger partial charge < -0.3 is 10.5 Å². The molecule has 0 heterocycles. The molecular formula is C13H21NO3S. The average molecular weight is 271 g/mol. The van der Waals surface area contributed by atoms with Gasteiger partial charge in [-0.25, -0.2) is 8.42 Å². The van der Waals surface area contributed by atoms with Crippen molar-refractivity contribution in [3.63, 3.8) is 0 Å². The summed E-state index contributed by atoms with van der Waals surface area (Å²) in [5.74, 6) is 0.676. The molecule has 0 saturated heterocycles. The Morgan fingerprint density at radius 2 is 1.83 bits per heavy atom. The number of anilines is 1. The van der Waals surface area contributed by atoms with E-state index in [-0.39, 0.29) is 17.6 Å². The van der Waals surface area contributed by atoms with Crippen molar-refractivity contribution in [2.75, 3.05) is 18.1 Å². The lowest BCUT2D eigenvalue weighted by Crippen LogP contribution is -2.22. The van der Waals surface area contributed by atoms with Gasteiger partial charge in [0.1, 0.15) is 12.4 Å². The predicted molar refractivity (Wildman–Crippen MR) is 74.7 cm³/mol. The third-order valence-electron chi connectivity index (χ3n) is 2.91. The molecule has 0 atom stereocenters. The minimum Gasteiger partial charge on any atom is -0.492 e. The predicted octanol–water partition coefficient (Wildman–Crippen LogP) is 2.09. The van der Waals surface area contributed by atoms with E-state index in [1.807, 2.05) is 19.9 Å². The van der Waals surface area contributed by atoms with Gasteiger partial charge in [-0.3, -0.25) is 0 Å². The molecule has 0 aliphatic heterocycles. The average Bonchev–Trinajstić information content (AvgIpc) is 2.25. The maximum absolute atomic E-state index is 11.6. The van der Waals surface area contributed by atoms with E-state index in [0.29, 0.717) is 11.4 Å². The summed E-state index contributed by atoms with van der Waals surface area (Å²) in [4.78, 5) is 0. The van der Waals surface area contributed by atoms with Crippen LogP contribution in [0.5, 0.6) is 5.75 Å². The number of nitrogens with two attached hydrogens (primary N) is 1. The number of hydrogen-bond acceptors (Lipinski definition) is 4. The quantitative estimate of drug-likeness (QED) is 0.832. The molecule has 0 aliphatic carbocycles. The highest BCUT2D eigenvalue weighted by molar-refractivity contribution is 7.91. The molecule has 0 amide bonds. The van der Waals surface area contributed by atoms with Gasteiger partial charge in [0.25, 0.3) is 0 Å². The van der Waals surface area contributed by atoms with Gasteiger partial charge in [0, 0.05) is 11.8 Å². The maximum atomic E-state index is 11.6. The zero-order valence-electron chi connectivity index (χ0n) is 11.4. The lowest BCUT2D eigenvalue weighted by molar-refractivity contribution is 0.338. The van der Waals surface area contributed by atoms with Crippen LogP contribution in [0.3, 0.4) is 0 Å². The lowest BCUT2D eigenvalue weighted by Gasteiger charge is -2.12. The van der Waals surface area contributed by atoms with Crippen LogP contribution in [-0.4, -0.2) is 26.0 Å². The highest BCUT2D eigenvalue weighted by Crippen LogP contribution is 2.24. The van der Waals surface area contributed by atoms with Gasteiger partial charge in [0.2, 0.25) is 0 Å². The maximum Gasteiger partial charge on any atom is 0.155 e. The van der Waals surface area contributed by atoms with Crippen LogP contribution in [-0.2, 0) is 9.84 Å². The normalized spacial score (nSPS) is 11.8. The van der Waals surface area contributed by atoms with E-state index in [1.54, 1.807) is 19.9 Å². The van der Waals surface area contributed by atoms with Crippen LogP contribution >= 0.6 is 0 Å². The second-order valence-electron chi connectivity index (χ2n) is 4.74. The Morgan fingerprint density at radius 3 is 2.39 bits per heavy atom. The van der Waals surface area contributed by atoms with E-state index in [4.69, 9.17) is 10.5 Å². The molecule has 1 aromatic carbocycles. The summed E-state index contributed by atoms with van der Waals surface area (Å²) in [6, 6.07) is 3.67. The molecule has 0 aliphatic rings. The number of sulfone groups is 1. The minimum absolute atomic E-state index is 0.0257. The Hall–Kier alpha value is -1.23. The Morgan fingerprint density at radius 1 is 1.22 bits per heavy atom. The van der Waals surface area contributed by atoms with Crippen LogP contribution in [0.15, 0.2) is 12.1 Å². The zero-order valence-corrected chi connectivity index (χ0v) is 12.2. The van der Waals surface area contributed by atoms with Gasteiger partial charge in [-0.1, -0.05) is 6.07 Å². The van der Waals surface area contributed by atoms with Crippen LogP contribution in [0.1, 0.15) is 25.0 Å². The first kappa shape index (κ1) is 14.8. The number of nitrogen functional groups attached to an aromatic ring is 1. The van der Waals surface area contributed by atoms with Crippen molar-refractivity contribution in [1.82, 2.24) is 0 Å². The second kappa shape index (κ2) is 5.61. The fourth-order valence-electron chi connectivity index (χ4n) is 1.51. The number of benzene rings is 1. The van der Waals surface area contributed by atoms with Crippen molar-refractivity contribution >= 4 is 15.5 Å². The Balaban J connectivity index is 2.68. The molecule has 2 N–H and O–H groups in total. The number of hydrogen-bond donors (Lipinski definition) is 1. The molecule has 0 radical (unpaired) electrons.